The first-order chi connectivity index (χ1) is 33.1. The van der Waals surface area contributed by atoms with E-state index in [0.717, 1.165) is 33.4 Å². The van der Waals surface area contributed by atoms with E-state index in [4.69, 9.17) is 33.7 Å². The number of nitrogens with one attached hydrogen (secondary N) is 1. The second-order valence-corrected chi connectivity index (χ2v) is 16.6. The third-order valence-corrected chi connectivity index (χ3v) is 12.9. The minimum atomic E-state index is -1.34. The third-order valence-electron chi connectivity index (χ3n) is 12.9. The molecule has 12 nitrogen and oxygen atoms in total. The Hall–Kier alpha value is -8.00. The van der Waals surface area contributed by atoms with Crippen LogP contribution in [0.1, 0.15) is 50.0 Å². The summed E-state index contributed by atoms with van der Waals surface area (Å²) in [5, 5.41) is 14.5. The van der Waals surface area contributed by atoms with Crippen molar-refractivity contribution >= 4 is 22.9 Å². The zero-order valence-electron chi connectivity index (χ0n) is 35.8. The molecule has 0 aliphatic carbocycles. The molecular weight excluding hydrogens is 843 g/mol. The van der Waals surface area contributed by atoms with Gasteiger partial charge in [-0.15, -0.1) is 0 Å². The lowest BCUT2D eigenvalue weighted by molar-refractivity contribution is -0.158. The fraction of sp³-hybridized carbons (Fsp3) is 0.127. The van der Waals surface area contributed by atoms with Crippen molar-refractivity contribution in [2.45, 2.75) is 35.7 Å². The molecule has 0 unspecified atom stereocenters. The van der Waals surface area contributed by atoms with Gasteiger partial charge in [0.05, 0.1) is 12.9 Å². The highest BCUT2D eigenvalue weighted by Gasteiger charge is 2.58. The predicted octanol–water partition coefficient (Wildman–Crippen LogP) is 9.93. The van der Waals surface area contributed by atoms with Crippen molar-refractivity contribution in [1.82, 2.24) is 19.5 Å². The lowest BCUT2D eigenvalue weighted by atomic mass is 9.77. The number of aliphatic hydroxyl groups is 1. The van der Waals surface area contributed by atoms with Gasteiger partial charge in [0.1, 0.15) is 47.6 Å². The Bertz CT molecular complexity index is 3190. The molecule has 3 aliphatic rings. The van der Waals surface area contributed by atoms with Gasteiger partial charge in [0.15, 0.2) is 34.4 Å². The van der Waals surface area contributed by atoms with Crippen LogP contribution < -0.4 is 14.8 Å². The van der Waals surface area contributed by atoms with Gasteiger partial charge in [0.2, 0.25) is 0 Å². The number of hydrogen-bond donors (Lipinski definition) is 2. The maximum Gasteiger partial charge on any atom is 0.256 e. The third kappa shape index (κ3) is 6.52. The zero-order valence-corrected chi connectivity index (χ0v) is 35.8. The van der Waals surface area contributed by atoms with E-state index in [2.05, 4.69) is 10.3 Å². The summed E-state index contributed by atoms with van der Waals surface area (Å²) in [6.45, 7) is -0.444. The summed E-state index contributed by atoms with van der Waals surface area (Å²) in [4.78, 5) is 27.5. The van der Waals surface area contributed by atoms with Crippen LogP contribution in [-0.2, 0) is 25.4 Å². The number of anilines is 1. The summed E-state index contributed by atoms with van der Waals surface area (Å²) in [7, 11) is 0. The molecule has 2 N–H and O–H groups in total. The molecule has 9 aromatic rings. The molecule has 67 heavy (non-hydrogen) atoms. The zero-order chi connectivity index (χ0) is 45.0. The number of fused-ring (bicyclic) bond motifs is 5. The molecule has 1 fully saturated rings. The van der Waals surface area contributed by atoms with Crippen molar-refractivity contribution in [2.75, 3.05) is 11.9 Å². The van der Waals surface area contributed by atoms with Crippen molar-refractivity contribution < 1.29 is 33.6 Å². The first kappa shape index (κ1) is 40.5. The molecule has 3 aliphatic heterocycles. The van der Waals surface area contributed by atoms with Crippen LogP contribution in [0.2, 0.25) is 0 Å². The molecule has 4 atom stereocenters. The van der Waals surface area contributed by atoms with E-state index < -0.39 is 42.3 Å². The van der Waals surface area contributed by atoms with Crippen molar-refractivity contribution in [3.63, 3.8) is 0 Å². The number of rotatable bonds is 10. The van der Waals surface area contributed by atoms with Gasteiger partial charge in [-0.1, -0.05) is 152 Å². The minimum Gasteiger partial charge on any atom is -0.457 e. The van der Waals surface area contributed by atoms with Gasteiger partial charge in [-0.3, -0.25) is 9.36 Å². The number of amides is 1. The molecule has 7 aromatic carbocycles. The van der Waals surface area contributed by atoms with Gasteiger partial charge in [-0.05, 0) is 47.5 Å². The molecule has 328 valence electrons. The molecule has 12 heteroatoms. The van der Waals surface area contributed by atoms with Crippen LogP contribution in [0.25, 0.3) is 11.2 Å². The topological polar surface area (TPSA) is 139 Å². The number of para-hydroxylation sites is 4. The molecule has 0 bridgehead atoms. The van der Waals surface area contributed by atoms with E-state index in [0.29, 0.717) is 39.7 Å². The lowest BCUT2D eigenvalue weighted by Gasteiger charge is -2.46. The summed E-state index contributed by atoms with van der Waals surface area (Å²) < 4.78 is 38.0. The predicted molar refractivity (Wildman–Crippen MR) is 249 cm³/mol. The second-order valence-electron chi connectivity index (χ2n) is 16.6. The number of aliphatic hydroxyl groups excluding tert-OH is 1. The smallest absolute Gasteiger partial charge is 0.256 e. The molecule has 0 saturated carbocycles. The van der Waals surface area contributed by atoms with Crippen LogP contribution in [0.4, 0.5) is 5.82 Å². The molecular formula is C55H41N5O7. The average molecular weight is 884 g/mol. The first-order valence-corrected chi connectivity index (χ1v) is 22.1. The summed E-state index contributed by atoms with van der Waals surface area (Å²) in [5.41, 5.74) is 3.18. The first-order valence-electron chi connectivity index (χ1n) is 22.1. The number of nitrogens with zero attached hydrogens (tertiary/aromatic N) is 4. The quantitative estimate of drug-likeness (QED) is 0.137. The largest absolute Gasteiger partial charge is 0.457 e. The van der Waals surface area contributed by atoms with Crippen molar-refractivity contribution in [2.24, 2.45) is 0 Å². The number of benzene rings is 7. The van der Waals surface area contributed by atoms with Gasteiger partial charge in [0.25, 0.3) is 5.91 Å². The highest BCUT2D eigenvalue weighted by atomic mass is 16.6. The van der Waals surface area contributed by atoms with Crippen molar-refractivity contribution in [3.8, 4) is 23.0 Å². The summed E-state index contributed by atoms with van der Waals surface area (Å²) in [6.07, 6.45) is -1.11. The summed E-state index contributed by atoms with van der Waals surface area (Å²) in [5.74, 6) is 2.33. The van der Waals surface area contributed by atoms with E-state index in [-0.39, 0.29) is 11.7 Å². The Balaban J connectivity index is 1.09. The molecule has 0 radical (unpaired) electrons. The van der Waals surface area contributed by atoms with Gasteiger partial charge in [-0.2, -0.15) is 0 Å². The Morgan fingerprint density at radius 3 is 1.51 bits per heavy atom. The van der Waals surface area contributed by atoms with E-state index in [1.165, 1.54) is 6.33 Å². The van der Waals surface area contributed by atoms with E-state index in [9.17, 15) is 9.90 Å². The van der Waals surface area contributed by atoms with E-state index in [1.807, 2.05) is 164 Å². The fourth-order valence-corrected chi connectivity index (χ4v) is 9.92. The average Bonchev–Trinajstić information content (AvgIpc) is 3.97. The van der Waals surface area contributed by atoms with E-state index >= 15 is 0 Å². The maximum atomic E-state index is 13.5. The number of carbonyl (C=O) groups excluding carboxylic acids is 1. The summed E-state index contributed by atoms with van der Waals surface area (Å²) >= 11 is 0. The molecule has 2 aromatic heterocycles. The number of imidazole rings is 1. The number of carbonyl (C=O) groups is 1. The Morgan fingerprint density at radius 2 is 1.01 bits per heavy atom. The van der Waals surface area contributed by atoms with Crippen molar-refractivity contribution in [1.29, 1.82) is 0 Å². The molecule has 1 saturated heterocycles. The second kappa shape index (κ2) is 16.5. The molecule has 1 amide bonds. The number of aromatic nitrogens is 4. The van der Waals surface area contributed by atoms with Crippen LogP contribution in [0.5, 0.6) is 23.0 Å². The SMILES string of the molecule is O=C(Nc1ncnc2c1ncn2[C@@H]1O[C@H](CO)[C@@H](OC2(c3ccccc3)c3ccccc3Oc3ccccc32)[C@H]1OC1(c2ccccc2)c2ccccc2Oc2ccccc21)c1ccccc1. The Kier molecular flexibility index (Phi) is 9.95. The van der Waals surface area contributed by atoms with Crippen LogP contribution in [0.3, 0.4) is 0 Å². The van der Waals surface area contributed by atoms with Crippen molar-refractivity contribution in [3.05, 3.63) is 240 Å². The Morgan fingerprint density at radius 1 is 0.567 bits per heavy atom. The van der Waals surface area contributed by atoms with Crippen LogP contribution in [0, 0.1) is 0 Å². The van der Waals surface area contributed by atoms with Crippen LogP contribution in [0.15, 0.2) is 201 Å². The normalized spacial score (nSPS) is 19.5. The van der Waals surface area contributed by atoms with Gasteiger partial charge >= 0.3 is 0 Å². The minimum absolute atomic E-state index is 0.214. The van der Waals surface area contributed by atoms with Crippen LogP contribution in [-0.4, -0.2) is 55.5 Å². The Labute approximate surface area is 385 Å². The molecule has 0 spiro atoms. The maximum absolute atomic E-state index is 13.5. The standard InChI is InChI=1S/C55H41N5O7/c61-32-46-48(66-54(36-20-6-2-7-21-36)38-24-10-14-28-42(38)63-43-29-15-11-25-39(43)54)49(53(65-46)60-34-58-47-50(56-33-57-51(47)60)59-52(62)35-18-4-1-5-19-35)67-55(37-22-8-3-9-23-37)40-26-12-16-30-44(40)64-45-31-17-13-27-41(45)55/h1-31,33-34,46,48-49,53,61H,32H2,(H,56,57,59,62)/t46-,48-,49-,53-/m1/s1. The number of hydrogen-bond acceptors (Lipinski definition) is 10. The monoisotopic (exact) mass is 883 g/mol. The lowest BCUT2D eigenvalue weighted by Crippen LogP contribution is -2.50. The molecule has 12 rings (SSSR count). The highest BCUT2D eigenvalue weighted by molar-refractivity contribution is 6.06. The van der Waals surface area contributed by atoms with Gasteiger partial charge < -0.3 is 34.1 Å². The number of ether oxygens (including phenoxy) is 5. The fourth-order valence-electron chi connectivity index (χ4n) is 9.92. The molecule has 5 heterocycles. The van der Waals surface area contributed by atoms with Gasteiger partial charge in [0, 0.05) is 27.8 Å². The van der Waals surface area contributed by atoms with Crippen LogP contribution >= 0.6 is 0 Å². The highest BCUT2D eigenvalue weighted by Crippen LogP contribution is 2.58. The van der Waals surface area contributed by atoms with Gasteiger partial charge in [-0.25, -0.2) is 15.0 Å². The van der Waals surface area contributed by atoms with E-state index in [1.54, 1.807) is 35.2 Å². The summed E-state index contributed by atoms with van der Waals surface area (Å²) in [6, 6.07) is 60.3.